The van der Waals surface area contributed by atoms with E-state index < -0.39 is 0 Å². The molecular formula is C24H23N3O4. The summed E-state index contributed by atoms with van der Waals surface area (Å²) in [6.45, 7) is 3.27. The van der Waals surface area contributed by atoms with E-state index in [1.54, 1.807) is 36.6 Å². The third-order valence-corrected chi connectivity index (χ3v) is 4.94. The summed E-state index contributed by atoms with van der Waals surface area (Å²) in [5.74, 6) is 0.695. The highest BCUT2D eigenvalue weighted by Gasteiger charge is 2.35. The summed E-state index contributed by atoms with van der Waals surface area (Å²) in [7, 11) is 0. The summed E-state index contributed by atoms with van der Waals surface area (Å²) in [5.41, 5.74) is 3.56. The first-order valence-corrected chi connectivity index (χ1v) is 10.00. The maximum atomic E-state index is 13.0. The van der Waals surface area contributed by atoms with Crippen molar-refractivity contribution in [2.24, 2.45) is 5.10 Å². The van der Waals surface area contributed by atoms with Gasteiger partial charge in [-0.15, -0.1) is 0 Å². The van der Waals surface area contributed by atoms with Crippen LogP contribution in [0.3, 0.4) is 0 Å². The Labute approximate surface area is 180 Å². The number of hydrazone groups is 1. The van der Waals surface area contributed by atoms with E-state index in [0.29, 0.717) is 23.6 Å². The van der Waals surface area contributed by atoms with Gasteiger partial charge in [0.1, 0.15) is 17.6 Å². The molecule has 1 aromatic heterocycles. The molecular weight excluding hydrogens is 394 g/mol. The van der Waals surface area contributed by atoms with Gasteiger partial charge in [-0.3, -0.25) is 9.59 Å². The van der Waals surface area contributed by atoms with Gasteiger partial charge in [0.15, 0.2) is 6.61 Å². The molecule has 2 amide bonds. The van der Waals surface area contributed by atoms with Crippen molar-refractivity contribution in [2.75, 3.05) is 11.9 Å². The number of carbonyl (C=O) groups is 2. The van der Waals surface area contributed by atoms with Crippen LogP contribution in [0.2, 0.25) is 0 Å². The predicted octanol–water partition coefficient (Wildman–Crippen LogP) is 4.30. The molecule has 0 spiro atoms. The number of rotatable bonds is 6. The van der Waals surface area contributed by atoms with Crippen LogP contribution >= 0.6 is 0 Å². The molecule has 158 valence electrons. The molecule has 0 bridgehead atoms. The Balaban J connectivity index is 1.51. The van der Waals surface area contributed by atoms with Gasteiger partial charge < -0.3 is 14.5 Å². The summed E-state index contributed by atoms with van der Waals surface area (Å²) in [4.78, 5) is 24.2. The van der Waals surface area contributed by atoms with Crippen molar-refractivity contribution in [3.63, 3.8) is 0 Å². The summed E-state index contributed by atoms with van der Waals surface area (Å²) < 4.78 is 11.3. The number of ether oxygens (including phenoxy) is 1. The third kappa shape index (κ3) is 4.83. The lowest BCUT2D eigenvalue weighted by Crippen LogP contribution is -2.31. The van der Waals surface area contributed by atoms with Crippen LogP contribution in [0.25, 0.3) is 0 Å². The average Bonchev–Trinajstić information content (AvgIpc) is 3.42. The number of anilines is 1. The minimum absolute atomic E-state index is 0.176. The van der Waals surface area contributed by atoms with E-state index in [1.165, 1.54) is 11.9 Å². The van der Waals surface area contributed by atoms with Gasteiger partial charge in [0.2, 0.25) is 5.91 Å². The fourth-order valence-corrected chi connectivity index (χ4v) is 3.44. The number of nitrogens with one attached hydrogen (secondary N) is 1. The third-order valence-electron chi connectivity index (χ3n) is 4.94. The topological polar surface area (TPSA) is 84.1 Å². The molecule has 2 aromatic carbocycles. The first kappa shape index (κ1) is 20.4. The highest BCUT2D eigenvalue weighted by molar-refractivity contribution is 6.03. The molecule has 0 fully saturated rings. The second-order valence-corrected chi connectivity index (χ2v) is 7.38. The van der Waals surface area contributed by atoms with Crippen LogP contribution in [0.4, 0.5) is 5.69 Å². The van der Waals surface area contributed by atoms with Crippen molar-refractivity contribution in [3.05, 3.63) is 83.8 Å². The minimum atomic E-state index is -0.326. The average molecular weight is 417 g/mol. The molecule has 0 unspecified atom stereocenters. The smallest absolute Gasteiger partial charge is 0.281 e. The Morgan fingerprint density at radius 2 is 1.97 bits per heavy atom. The number of aryl methyl sites for hydroxylation is 1. The van der Waals surface area contributed by atoms with Crippen LogP contribution in [0, 0.1) is 6.92 Å². The van der Waals surface area contributed by atoms with E-state index in [-0.39, 0.29) is 24.5 Å². The molecule has 7 nitrogen and oxygen atoms in total. The standard InChI is InChI=1S/C24H23N3O4/c1-16-8-10-18(11-9-16)21-14-22(23-7-4-12-30-23)27(26-21)24(29)15-31-20-6-3-5-19(13-20)25-17(2)28/h3-13,22H,14-15H2,1-2H3,(H,25,28)/t22-/m0/s1. The van der Waals surface area contributed by atoms with Crippen molar-refractivity contribution in [3.8, 4) is 5.75 Å². The van der Waals surface area contributed by atoms with Gasteiger partial charge in [-0.2, -0.15) is 5.10 Å². The molecule has 3 aromatic rings. The van der Waals surface area contributed by atoms with Crippen molar-refractivity contribution < 1.29 is 18.7 Å². The lowest BCUT2D eigenvalue weighted by Gasteiger charge is -2.20. The lowest BCUT2D eigenvalue weighted by atomic mass is 10.0. The van der Waals surface area contributed by atoms with E-state index >= 15 is 0 Å². The molecule has 2 heterocycles. The van der Waals surface area contributed by atoms with Crippen LogP contribution < -0.4 is 10.1 Å². The number of benzene rings is 2. The first-order valence-electron chi connectivity index (χ1n) is 10.00. The number of hydrogen-bond acceptors (Lipinski definition) is 5. The Bertz CT molecular complexity index is 1100. The Morgan fingerprint density at radius 3 is 2.68 bits per heavy atom. The number of furan rings is 1. The van der Waals surface area contributed by atoms with E-state index in [2.05, 4.69) is 10.4 Å². The van der Waals surface area contributed by atoms with Gasteiger partial charge in [-0.25, -0.2) is 5.01 Å². The second kappa shape index (κ2) is 8.87. The van der Waals surface area contributed by atoms with E-state index in [9.17, 15) is 9.59 Å². The molecule has 1 aliphatic heterocycles. The molecule has 0 saturated heterocycles. The number of carbonyl (C=O) groups excluding carboxylic acids is 2. The van der Waals surface area contributed by atoms with Crippen LogP contribution in [0.1, 0.15) is 36.3 Å². The number of amides is 2. The summed E-state index contributed by atoms with van der Waals surface area (Å²) in [6, 6.07) is 18.3. The molecule has 1 aliphatic rings. The SMILES string of the molecule is CC(=O)Nc1cccc(OCC(=O)N2N=C(c3ccc(C)cc3)C[C@H]2c2ccco2)c1. The monoisotopic (exact) mass is 417 g/mol. The Kier molecular flexibility index (Phi) is 5.84. The quantitative estimate of drug-likeness (QED) is 0.648. The van der Waals surface area contributed by atoms with Gasteiger partial charge in [0, 0.05) is 25.1 Å². The first-order chi connectivity index (χ1) is 15.0. The largest absolute Gasteiger partial charge is 0.484 e. The molecule has 0 saturated carbocycles. The van der Waals surface area contributed by atoms with Crippen molar-refractivity contribution in [1.82, 2.24) is 5.01 Å². The van der Waals surface area contributed by atoms with Crippen LogP contribution in [0.5, 0.6) is 5.75 Å². The normalized spacial score (nSPS) is 15.5. The van der Waals surface area contributed by atoms with Crippen molar-refractivity contribution >= 4 is 23.2 Å². The summed E-state index contributed by atoms with van der Waals surface area (Å²) >= 11 is 0. The highest BCUT2D eigenvalue weighted by Crippen LogP contribution is 2.33. The molecule has 0 aliphatic carbocycles. The lowest BCUT2D eigenvalue weighted by molar-refractivity contribution is -0.135. The number of hydrogen-bond donors (Lipinski definition) is 1. The highest BCUT2D eigenvalue weighted by atomic mass is 16.5. The predicted molar refractivity (Wildman–Crippen MR) is 117 cm³/mol. The van der Waals surface area contributed by atoms with E-state index in [1.807, 2.05) is 37.3 Å². The van der Waals surface area contributed by atoms with Crippen LogP contribution in [0.15, 0.2) is 76.4 Å². The van der Waals surface area contributed by atoms with E-state index in [0.717, 1.165) is 16.8 Å². The fourth-order valence-electron chi connectivity index (χ4n) is 3.44. The van der Waals surface area contributed by atoms with Gasteiger partial charge in [0.05, 0.1) is 12.0 Å². The molecule has 0 radical (unpaired) electrons. The van der Waals surface area contributed by atoms with Gasteiger partial charge >= 0.3 is 0 Å². The zero-order valence-electron chi connectivity index (χ0n) is 17.4. The minimum Gasteiger partial charge on any atom is -0.484 e. The maximum Gasteiger partial charge on any atom is 0.281 e. The van der Waals surface area contributed by atoms with E-state index in [4.69, 9.17) is 9.15 Å². The van der Waals surface area contributed by atoms with Crippen molar-refractivity contribution in [2.45, 2.75) is 26.3 Å². The van der Waals surface area contributed by atoms with Crippen LogP contribution in [-0.2, 0) is 9.59 Å². The molecule has 4 rings (SSSR count). The molecule has 7 heteroatoms. The Hall–Kier alpha value is -3.87. The summed E-state index contributed by atoms with van der Waals surface area (Å²) in [5, 5.41) is 8.73. The summed E-state index contributed by atoms with van der Waals surface area (Å²) in [6.07, 6.45) is 2.15. The molecule has 31 heavy (non-hydrogen) atoms. The van der Waals surface area contributed by atoms with Crippen LogP contribution in [-0.4, -0.2) is 29.1 Å². The Morgan fingerprint density at radius 1 is 1.16 bits per heavy atom. The molecule has 1 atom stereocenters. The molecule has 1 N–H and O–H groups in total. The van der Waals surface area contributed by atoms with Gasteiger partial charge in [0.25, 0.3) is 5.91 Å². The maximum absolute atomic E-state index is 13.0. The second-order valence-electron chi connectivity index (χ2n) is 7.38. The zero-order chi connectivity index (χ0) is 21.8. The van der Waals surface area contributed by atoms with Gasteiger partial charge in [-0.05, 0) is 36.8 Å². The number of nitrogens with zero attached hydrogens (tertiary/aromatic N) is 2. The zero-order valence-corrected chi connectivity index (χ0v) is 17.4. The van der Waals surface area contributed by atoms with Crippen molar-refractivity contribution in [1.29, 1.82) is 0 Å². The van der Waals surface area contributed by atoms with Gasteiger partial charge in [-0.1, -0.05) is 35.9 Å². The fraction of sp³-hybridized carbons (Fsp3) is 0.208.